The van der Waals surface area contributed by atoms with Crippen molar-refractivity contribution in [2.24, 2.45) is 0 Å². The van der Waals surface area contributed by atoms with Gasteiger partial charge in [0.25, 0.3) is 0 Å². The molecule has 0 atom stereocenters. The fraction of sp³-hybridized carbons (Fsp3) is 0. The quantitative estimate of drug-likeness (QED) is 0.649. The van der Waals surface area contributed by atoms with E-state index in [9.17, 15) is 9.18 Å². The van der Waals surface area contributed by atoms with Crippen LogP contribution in [0.2, 0.25) is 5.02 Å². The molecule has 0 aliphatic heterocycles. The van der Waals surface area contributed by atoms with Crippen LogP contribution in [0.25, 0.3) is 0 Å². The van der Waals surface area contributed by atoms with E-state index in [-0.39, 0.29) is 10.7 Å². The van der Waals surface area contributed by atoms with E-state index in [0.717, 1.165) is 15.6 Å². The second-order valence-corrected chi connectivity index (χ2v) is 7.11. The van der Waals surface area contributed by atoms with Crippen LogP contribution in [0.1, 0.15) is 0 Å². The van der Waals surface area contributed by atoms with Gasteiger partial charge in [-0.1, -0.05) is 29.8 Å². The molecule has 0 saturated carbocycles. The highest BCUT2D eigenvalue weighted by atomic mass is 35.5. The van der Waals surface area contributed by atoms with Gasteiger partial charge in [0, 0.05) is 9.92 Å². The van der Waals surface area contributed by atoms with Gasteiger partial charge in [0.15, 0.2) is 0 Å². The molecule has 1 amide bonds. The minimum atomic E-state index is -0.620. The van der Waals surface area contributed by atoms with Gasteiger partial charge in [-0.2, -0.15) is 4.68 Å². The van der Waals surface area contributed by atoms with Gasteiger partial charge in [-0.15, -0.1) is 5.10 Å². The molecule has 1 heterocycles. The largest absolute Gasteiger partial charge is 0.348 e. The molecule has 0 aliphatic rings. The third-order valence-electron chi connectivity index (χ3n) is 2.81. The SMILES string of the molecule is O=C(Nc1ccc(Cl)cc1F)n1cnc(SSc2ccccc2)n1. The Balaban J connectivity index is 1.63. The van der Waals surface area contributed by atoms with E-state index in [1.165, 1.54) is 40.0 Å². The minimum absolute atomic E-state index is 0.0211. The van der Waals surface area contributed by atoms with E-state index in [1.807, 2.05) is 30.3 Å². The van der Waals surface area contributed by atoms with Crippen molar-refractivity contribution in [1.29, 1.82) is 0 Å². The first kappa shape index (κ1) is 16.8. The number of carbonyl (C=O) groups is 1. The first-order valence-electron chi connectivity index (χ1n) is 6.69. The summed E-state index contributed by atoms with van der Waals surface area (Å²) in [6, 6.07) is 13.1. The van der Waals surface area contributed by atoms with Gasteiger partial charge in [-0.05, 0) is 51.9 Å². The average molecular weight is 381 g/mol. The third kappa shape index (κ3) is 4.28. The van der Waals surface area contributed by atoms with Gasteiger partial charge in [-0.3, -0.25) is 0 Å². The minimum Gasteiger partial charge on any atom is -0.303 e. The molecule has 24 heavy (non-hydrogen) atoms. The predicted molar refractivity (Wildman–Crippen MR) is 94.0 cm³/mol. The van der Waals surface area contributed by atoms with Crippen LogP contribution in [-0.2, 0) is 0 Å². The zero-order chi connectivity index (χ0) is 16.9. The number of nitrogens with one attached hydrogen (secondary N) is 1. The average Bonchev–Trinajstić information content (AvgIpc) is 3.05. The Morgan fingerprint density at radius 2 is 1.96 bits per heavy atom. The second-order valence-electron chi connectivity index (χ2n) is 4.51. The molecule has 0 saturated heterocycles. The van der Waals surface area contributed by atoms with Crippen molar-refractivity contribution in [1.82, 2.24) is 14.8 Å². The van der Waals surface area contributed by atoms with E-state index >= 15 is 0 Å². The summed E-state index contributed by atoms with van der Waals surface area (Å²) in [6.45, 7) is 0. The Hall–Kier alpha value is -2.03. The molecular weight excluding hydrogens is 371 g/mol. The normalized spacial score (nSPS) is 10.6. The maximum Gasteiger partial charge on any atom is 0.348 e. The summed E-state index contributed by atoms with van der Waals surface area (Å²) in [5.41, 5.74) is 0.0211. The van der Waals surface area contributed by atoms with Gasteiger partial charge in [-0.25, -0.2) is 14.2 Å². The van der Waals surface area contributed by atoms with Gasteiger partial charge >= 0.3 is 6.03 Å². The lowest BCUT2D eigenvalue weighted by atomic mass is 10.3. The van der Waals surface area contributed by atoms with Crippen molar-refractivity contribution in [2.45, 2.75) is 10.1 Å². The molecule has 0 fully saturated rings. The Morgan fingerprint density at radius 3 is 2.71 bits per heavy atom. The highest BCUT2D eigenvalue weighted by Crippen LogP contribution is 2.34. The second kappa shape index (κ2) is 7.69. The molecule has 0 radical (unpaired) electrons. The van der Waals surface area contributed by atoms with Gasteiger partial charge in [0.2, 0.25) is 5.16 Å². The number of rotatable bonds is 4. The number of halogens is 2. The van der Waals surface area contributed by atoms with Crippen molar-refractivity contribution < 1.29 is 9.18 Å². The molecule has 0 spiro atoms. The summed E-state index contributed by atoms with van der Waals surface area (Å²) >= 11 is 5.67. The summed E-state index contributed by atoms with van der Waals surface area (Å²) in [5.74, 6) is -0.620. The van der Waals surface area contributed by atoms with Crippen molar-refractivity contribution in [2.75, 3.05) is 5.32 Å². The zero-order valence-electron chi connectivity index (χ0n) is 12.0. The lowest BCUT2D eigenvalue weighted by Gasteiger charge is -2.05. The highest BCUT2D eigenvalue weighted by Gasteiger charge is 2.12. The lowest BCUT2D eigenvalue weighted by Crippen LogP contribution is -2.20. The molecular formula is C15H10ClFN4OS2. The van der Waals surface area contributed by atoms with Crippen molar-refractivity contribution >= 4 is 44.9 Å². The summed E-state index contributed by atoms with van der Waals surface area (Å²) in [7, 11) is 2.80. The van der Waals surface area contributed by atoms with E-state index < -0.39 is 11.8 Å². The van der Waals surface area contributed by atoms with E-state index in [1.54, 1.807) is 0 Å². The highest BCUT2D eigenvalue weighted by molar-refractivity contribution is 8.76. The number of carbonyl (C=O) groups excluding carboxylic acids is 1. The zero-order valence-corrected chi connectivity index (χ0v) is 14.4. The maximum atomic E-state index is 13.7. The van der Waals surface area contributed by atoms with Crippen molar-refractivity contribution in [3.63, 3.8) is 0 Å². The molecule has 0 bridgehead atoms. The Morgan fingerprint density at radius 1 is 1.17 bits per heavy atom. The first-order chi connectivity index (χ1) is 11.6. The van der Waals surface area contributed by atoms with E-state index in [2.05, 4.69) is 15.4 Å². The lowest BCUT2D eigenvalue weighted by molar-refractivity contribution is 0.250. The molecule has 0 unspecified atom stereocenters. The number of nitrogens with zero attached hydrogens (tertiary/aromatic N) is 3. The Kier molecular flexibility index (Phi) is 5.39. The molecule has 3 rings (SSSR count). The Labute approximate surface area is 150 Å². The molecule has 0 aliphatic carbocycles. The Bertz CT molecular complexity index is 860. The summed E-state index contributed by atoms with van der Waals surface area (Å²) in [6.07, 6.45) is 1.27. The number of aromatic nitrogens is 3. The molecule has 122 valence electrons. The van der Waals surface area contributed by atoms with Crippen molar-refractivity contribution in [3.05, 3.63) is 65.7 Å². The molecule has 5 nitrogen and oxygen atoms in total. The molecule has 1 N–H and O–H groups in total. The summed E-state index contributed by atoms with van der Waals surface area (Å²) in [4.78, 5) is 17.2. The smallest absolute Gasteiger partial charge is 0.303 e. The topological polar surface area (TPSA) is 59.8 Å². The van der Waals surface area contributed by atoms with Crippen molar-refractivity contribution in [3.8, 4) is 0 Å². The number of amides is 1. The predicted octanol–water partition coefficient (Wildman–Crippen LogP) is 4.95. The number of benzene rings is 2. The molecule has 2 aromatic carbocycles. The summed E-state index contributed by atoms with van der Waals surface area (Å²) < 4.78 is 14.7. The van der Waals surface area contributed by atoms with Crippen LogP contribution in [0, 0.1) is 5.82 Å². The van der Waals surface area contributed by atoms with Crippen LogP contribution < -0.4 is 5.32 Å². The monoisotopic (exact) mass is 380 g/mol. The van der Waals surface area contributed by atoms with E-state index in [0.29, 0.717) is 5.16 Å². The van der Waals surface area contributed by atoms with E-state index in [4.69, 9.17) is 11.6 Å². The van der Waals surface area contributed by atoms with Crippen LogP contribution >= 0.6 is 33.2 Å². The van der Waals surface area contributed by atoms with Crippen LogP contribution in [0.3, 0.4) is 0 Å². The molecule has 3 aromatic rings. The standard InChI is InChI=1S/C15H10ClFN4OS2/c16-10-6-7-13(12(17)8-10)19-15(22)21-9-18-14(20-21)24-23-11-4-2-1-3-5-11/h1-9H,(H,19,22). The van der Waals surface area contributed by atoms with Crippen LogP contribution in [0.5, 0.6) is 0 Å². The van der Waals surface area contributed by atoms with Crippen LogP contribution in [0.15, 0.2) is 64.9 Å². The molecule has 1 aromatic heterocycles. The molecule has 9 heteroatoms. The third-order valence-corrected chi connectivity index (χ3v) is 5.20. The van der Waals surface area contributed by atoms with Gasteiger partial charge in [0.1, 0.15) is 12.1 Å². The van der Waals surface area contributed by atoms with Gasteiger partial charge < -0.3 is 5.32 Å². The number of hydrogen-bond acceptors (Lipinski definition) is 5. The van der Waals surface area contributed by atoms with Crippen LogP contribution in [-0.4, -0.2) is 20.8 Å². The van der Waals surface area contributed by atoms with Gasteiger partial charge in [0.05, 0.1) is 5.69 Å². The first-order valence-corrected chi connectivity index (χ1v) is 9.22. The van der Waals surface area contributed by atoms with Crippen LogP contribution in [0.4, 0.5) is 14.9 Å². The summed E-state index contributed by atoms with van der Waals surface area (Å²) in [5, 5.41) is 7.15. The number of hydrogen-bond donors (Lipinski definition) is 1. The maximum absolute atomic E-state index is 13.7. The fourth-order valence-corrected chi connectivity index (χ4v) is 3.59. The fourth-order valence-electron chi connectivity index (χ4n) is 1.71. The number of anilines is 1.